The molecule has 1 fully saturated rings. The number of pyridine rings is 1. The number of benzene rings is 1. The summed E-state index contributed by atoms with van der Waals surface area (Å²) in [6.07, 6.45) is 1.87. The molecular weight excluding hydrogens is 348 g/mol. The Morgan fingerprint density at radius 3 is 2.81 bits per heavy atom. The molecule has 8 heteroatoms. The van der Waals surface area contributed by atoms with Crippen molar-refractivity contribution in [3.05, 3.63) is 42.1 Å². The van der Waals surface area contributed by atoms with Crippen LogP contribution in [0.3, 0.4) is 0 Å². The third kappa shape index (κ3) is 3.79. The number of nitrogens with zero attached hydrogens (tertiary/aromatic N) is 2. The number of anilines is 2. The SMILES string of the molecule is Cc1ccnc(NC(=O)N[C@@H]2CC(=O)N(c3ccc4c(c3)OCCO4)C2)c1. The van der Waals surface area contributed by atoms with Gasteiger partial charge in [0.15, 0.2) is 11.5 Å². The second kappa shape index (κ2) is 7.14. The highest BCUT2D eigenvalue weighted by atomic mass is 16.6. The van der Waals surface area contributed by atoms with Crippen molar-refractivity contribution in [1.82, 2.24) is 10.3 Å². The average Bonchev–Trinajstić information content (AvgIpc) is 3.01. The minimum absolute atomic E-state index is 0.0503. The first-order valence-electron chi connectivity index (χ1n) is 8.79. The number of urea groups is 1. The molecule has 0 saturated carbocycles. The molecule has 0 spiro atoms. The number of rotatable bonds is 3. The smallest absolute Gasteiger partial charge is 0.320 e. The van der Waals surface area contributed by atoms with Crippen molar-refractivity contribution < 1.29 is 19.1 Å². The minimum atomic E-state index is -0.380. The van der Waals surface area contributed by atoms with Gasteiger partial charge in [-0.3, -0.25) is 10.1 Å². The van der Waals surface area contributed by atoms with Crippen LogP contribution in [0.5, 0.6) is 11.5 Å². The monoisotopic (exact) mass is 368 g/mol. The van der Waals surface area contributed by atoms with E-state index in [1.807, 2.05) is 19.1 Å². The van der Waals surface area contributed by atoms with Gasteiger partial charge in [-0.2, -0.15) is 0 Å². The lowest BCUT2D eigenvalue weighted by atomic mass is 10.2. The first-order chi connectivity index (χ1) is 13.1. The van der Waals surface area contributed by atoms with Crippen LogP contribution >= 0.6 is 0 Å². The van der Waals surface area contributed by atoms with E-state index in [4.69, 9.17) is 9.47 Å². The lowest BCUT2D eigenvalue weighted by Crippen LogP contribution is -2.39. The molecular formula is C19H20N4O4. The quantitative estimate of drug-likeness (QED) is 0.865. The summed E-state index contributed by atoms with van der Waals surface area (Å²) in [4.78, 5) is 30.3. The fourth-order valence-electron chi connectivity index (χ4n) is 3.20. The topological polar surface area (TPSA) is 92.8 Å². The molecule has 1 aromatic carbocycles. The van der Waals surface area contributed by atoms with Crippen LogP contribution in [0.15, 0.2) is 36.5 Å². The highest BCUT2D eigenvalue weighted by molar-refractivity contribution is 5.97. The van der Waals surface area contributed by atoms with Gasteiger partial charge >= 0.3 is 6.03 Å². The number of amides is 3. The van der Waals surface area contributed by atoms with E-state index in [0.717, 1.165) is 11.3 Å². The van der Waals surface area contributed by atoms with Crippen molar-refractivity contribution in [2.24, 2.45) is 0 Å². The summed E-state index contributed by atoms with van der Waals surface area (Å²) in [5.41, 5.74) is 1.73. The lowest BCUT2D eigenvalue weighted by Gasteiger charge is -2.22. The molecule has 140 valence electrons. The zero-order chi connectivity index (χ0) is 18.8. The van der Waals surface area contributed by atoms with Gasteiger partial charge in [0.1, 0.15) is 19.0 Å². The van der Waals surface area contributed by atoms with Gasteiger partial charge < -0.3 is 19.7 Å². The van der Waals surface area contributed by atoms with E-state index < -0.39 is 0 Å². The molecule has 8 nitrogen and oxygen atoms in total. The molecule has 0 bridgehead atoms. The van der Waals surface area contributed by atoms with Crippen LogP contribution in [0.4, 0.5) is 16.3 Å². The molecule has 3 heterocycles. The summed E-state index contributed by atoms with van der Waals surface area (Å²) in [5.74, 6) is 1.73. The molecule has 1 aromatic heterocycles. The summed E-state index contributed by atoms with van der Waals surface area (Å²) in [7, 11) is 0. The standard InChI is InChI=1S/C19H20N4O4/c1-12-4-5-20-17(8-12)22-19(25)21-13-9-18(24)23(11-13)14-2-3-15-16(10-14)27-7-6-26-15/h2-5,8,10,13H,6-7,9,11H2,1H3,(H2,20,21,22,25)/t13-/m1/s1. The minimum Gasteiger partial charge on any atom is -0.486 e. The maximum atomic E-state index is 12.4. The second-order valence-corrected chi connectivity index (χ2v) is 6.55. The van der Waals surface area contributed by atoms with Gasteiger partial charge in [0.25, 0.3) is 0 Å². The van der Waals surface area contributed by atoms with E-state index in [1.54, 1.807) is 29.3 Å². The molecule has 1 atom stereocenters. The summed E-state index contributed by atoms with van der Waals surface area (Å²) in [6.45, 7) is 3.33. The van der Waals surface area contributed by atoms with Crippen LogP contribution in [-0.2, 0) is 4.79 Å². The molecule has 2 aliphatic heterocycles. The van der Waals surface area contributed by atoms with Gasteiger partial charge in [0, 0.05) is 30.9 Å². The first-order valence-corrected chi connectivity index (χ1v) is 8.79. The van der Waals surface area contributed by atoms with E-state index in [-0.39, 0.29) is 24.4 Å². The van der Waals surface area contributed by atoms with Crippen LogP contribution in [0, 0.1) is 6.92 Å². The van der Waals surface area contributed by atoms with E-state index in [1.165, 1.54) is 0 Å². The van der Waals surface area contributed by atoms with Crippen molar-refractivity contribution in [3.8, 4) is 11.5 Å². The van der Waals surface area contributed by atoms with Gasteiger partial charge in [-0.25, -0.2) is 9.78 Å². The summed E-state index contributed by atoms with van der Waals surface area (Å²) < 4.78 is 11.1. The van der Waals surface area contributed by atoms with Crippen LogP contribution in [0.25, 0.3) is 0 Å². The normalized spacial score (nSPS) is 18.3. The maximum absolute atomic E-state index is 12.4. The number of carbonyl (C=O) groups excluding carboxylic acids is 2. The largest absolute Gasteiger partial charge is 0.486 e. The Bertz CT molecular complexity index is 886. The summed E-state index contributed by atoms with van der Waals surface area (Å²) in [6, 6.07) is 8.39. The molecule has 4 rings (SSSR count). The van der Waals surface area contributed by atoms with Gasteiger partial charge in [-0.05, 0) is 36.8 Å². The van der Waals surface area contributed by atoms with Gasteiger partial charge in [-0.1, -0.05) is 0 Å². The number of fused-ring (bicyclic) bond motifs is 1. The fourth-order valence-corrected chi connectivity index (χ4v) is 3.20. The predicted molar refractivity (Wildman–Crippen MR) is 99.3 cm³/mol. The molecule has 3 amide bonds. The number of hydrogen-bond acceptors (Lipinski definition) is 5. The fraction of sp³-hybridized carbons (Fsp3) is 0.316. The Morgan fingerprint density at radius 1 is 1.19 bits per heavy atom. The molecule has 2 N–H and O–H groups in total. The van der Waals surface area contributed by atoms with Crippen LogP contribution < -0.4 is 25.0 Å². The number of nitrogens with one attached hydrogen (secondary N) is 2. The number of hydrogen-bond donors (Lipinski definition) is 2. The van der Waals surface area contributed by atoms with E-state index in [2.05, 4.69) is 15.6 Å². The van der Waals surface area contributed by atoms with Crippen molar-refractivity contribution in [1.29, 1.82) is 0 Å². The number of carbonyl (C=O) groups is 2. The summed E-state index contributed by atoms with van der Waals surface area (Å²) in [5, 5.41) is 5.52. The third-order valence-corrected chi connectivity index (χ3v) is 4.45. The highest BCUT2D eigenvalue weighted by Gasteiger charge is 2.32. The highest BCUT2D eigenvalue weighted by Crippen LogP contribution is 2.35. The van der Waals surface area contributed by atoms with Gasteiger partial charge in [-0.15, -0.1) is 0 Å². The second-order valence-electron chi connectivity index (χ2n) is 6.55. The molecule has 2 aliphatic rings. The first kappa shape index (κ1) is 17.1. The van der Waals surface area contributed by atoms with Gasteiger partial charge in [0.2, 0.25) is 5.91 Å². The van der Waals surface area contributed by atoms with Crippen molar-refractivity contribution in [3.63, 3.8) is 0 Å². The Hall–Kier alpha value is -3.29. The number of ether oxygens (including phenoxy) is 2. The van der Waals surface area contributed by atoms with Crippen molar-refractivity contribution >= 4 is 23.4 Å². The van der Waals surface area contributed by atoms with Crippen LogP contribution in [0.1, 0.15) is 12.0 Å². The zero-order valence-corrected chi connectivity index (χ0v) is 14.9. The Balaban J connectivity index is 1.39. The van der Waals surface area contributed by atoms with Gasteiger partial charge in [0.05, 0.1) is 6.04 Å². The molecule has 27 heavy (non-hydrogen) atoms. The number of aryl methyl sites for hydroxylation is 1. The number of aromatic nitrogens is 1. The predicted octanol–water partition coefficient (Wildman–Crippen LogP) is 2.09. The zero-order valence-electron chi connectivity index (χ0n) is 14.9. The van der Waals surface area contributed by atoms with Crippen LogP contribution in [-0.4, -0.2) is 42.7 Å². The molecule has 0 aliphatic carbocycles. The third-order valence-electron chi connectivity index (χ3n) is 4.45. The van der Waals surface area contributed by atoms with E-state index in [0.29, 0.717) is 37.1 Å². The van der Waals surface area contributed by atoms with Crippen molar-refractivity contribution in [2.75, 3.05) is 30.0 Å². The molecule has 0 radical (unpaired) electrons. The molecule has 2 aromatic rings. The maximum Gasteiger partial charge on any atom is 0.320 e. The average molecular weight is 368 g/mol. The molecule has 1 saturated heterocycles. The lowest BCUT2D eigenvalue weighted by molar-refractivity contribution is -0.117. The molecule has 0 unspecified atom stereocenters. The Morgan fingerprint density at radius 2 is 2.00 bits per heavy atom. The van der Waals surface area contributed by atoms with E-state index >= 15 is 0 Å². The Labute approximate surface area is 156 Å². The van der Waals surface area contributed by atoms with Crippen molar-refractivity contribution in [2.45, 2.75) is 19.4 Å². The summed E-state index contributed by atoms with van der Waals surface area (Å²) >= 11 is 0. The van der Waals surface area contributed by atoms with E-state index in [9.17, 15) is 9.59 Å². The Kier molecular flexibility index (Phi) is 4.53. The van der Waals surface area contributed by atoms with Crippen LogP contribution in [0.2, 0.25) is 0 Å².